The van der Waals surface area contributed by atoms with Crippen LogP contribution >= 0.6 is 0 Å². The number of aliphatic carboxylic acids is 4. The van der Waals surface area contributed by atoms with Crippen molar-refractivity contribution < 1.29 is 39.6 Å². The van der Waals surface area contributed by atoms with Gasteiger partial charge in [-0.05, 0) is 32.4 Å². The average Bonchev–Trinajstić information content (AvgIpc) is 2.70. The van der Waals surface area contributed by atoms with Gasteiger partial charge < -0.3 is 25.7 Å². The zero-order valence-electron chi connectivity index (χ0n) is 17.0. The normalized spacial score (nSPS) is 13.8. The van der Waals surface area contributed by atoms with Crippen LogP contribution in [-0.2, 0) is 19.2 Å². The smallest absolute Gasteiger partial charge is 0.414 e. The minimum Gasteiger partial charge on any atom is -0.473 e. The van der Waals surface area contributed by atoms with E-state index in [9.17, 15) is 0 Å². The number of hydrogen-bond acceptors (Lipinski definition) is 7. The maximum atomic E-state index is 9.10. The Morgan fingerprint density at radius 1 is 0.900 bits per heavy atom. The fourth-order valence-electron chi connectivity index (χ4n) is 2.41. The van der Waals surface area contributed by atoms with Crippen molar-refractivity contribution in [3.63, 3.8) is 0 Å². The van der Waals surface area contributed by atoms with Gasteiger partial charge in [-0.1, -0.05) is 18.2 Å². The third-order valence-electron chi connectivity index (χ3n) is 3.93. The van der Waals surface area contributed by atoms with Crippen molar-refractivity contribution >= 4 is 29.6 Å². The molecule has 1 fully saturated rings. The molecule has 30 heavy (non-hydrogen) atoms. The van der Waals surface area contributed by atoms with Crippen LogP contribution in [0.3, 0.4) is 0 Å². The van der Waals surface area contributed by atoms with Crippen molar-refractivity contribution in [1.82, 2.24) is 9.80 Å². The van der Waals surface area contributed by atoms with Crippen LogP contribution in [0, 0.1) is 0 Å². The Balaban J connectivity index is 0.000000580. The highest BCUT2D eigenvalue weighted by molar-refractivity contribution is 6.27. The standard InChI is InChI=1S/C15H25N3.2C2H2O4/c1-14(2)18-11-6-10-17(13-18)12-9-16-15-7-4-3-5-8-15;2*3-1(4)2(5)6/h3-5,7-8,14,16H,6,9-13H2,1-2H3;2*(H,3,4)(H,5,6). The van der Waals surface area contributed by atoms with Crippen LogP contribution in [0.4, 0.5) is 5.69 Å². The molecule has 0 aliphatic carbocycles. The molecule has 1 aliphatic rings. The average molecular weight is 427 g/mol. The molecule has 1 aromatic rings. The summed E-state index contributed by atoms with van der Waals surface area (Å²) in [6.45, 7) is 10.3. The molecular formula is C19H29N3O8. The summed E-state index contributed by atoms with van der Waals surface area (Å²) in [6.07, 6.45) is 1.30. The number of anilines is 1. The summed E-state index contributed by atoms with van der Waals surface area (Å²) in [5.41, 5.74) is 1.22. The summed E-state index contributed by atoms with van der Waals surface area (Å²) in [4.78, 5) is 41.5. The number of rotatable bonds is 5. The fraction of sp³-hybridized carbons (Fsp3) is 0.474. The van der Waals surface area contributed by atoms with E-state index in [1.54, 1.807) is 0 Å². The van der Waals surface area contributed by atoms with E-state index in [-0.39, 0.29) is 0 Å². The largest absolute Gasteiger partial charge is 0.473 e. The topological polar surface area (TPSA) is 168 Å². The van der Waals surface area contributed by atoms with E-state index in [0.29, 0.717) is 6.04 Å². The summed E-state index contributed by atoms with van der Waals surface area (Å²) in [5, 5.41) is 33.0. The van der Waals surface area contributed by atoms with Gasteiger partial charge in [-0.3, -0.25) is 9.80 Å². The first-order valence-electron chi connectivity index (χ1n) is 9.22. The summed E-state index contributed by atoms with van der Waals surface area (Å²) in [6, 6.07) is 11.1. The van der Waals surface area contributed by atoms with Gasteiger partial charge in [0.1, 0.15) is 0 Å². The molecular weight excluding hydrogens is 398 g/mol. The van der Waals surface area contributed by atoms with E-state index in [4.69, 9.17) is 39.6 Å². The number of nitrogens with zero attached hydrogens (tertiary/aromatic N) is 2. The quantitative estimate of drug-likeness (QED) is 0.421. The zero-order valence-corrected chi connectivity index (χ0v) is 17.0. The lowest BCUT2D eigenvalue weighted by atomic mass is 10.2. The second kappa shape index (κ2) is 14.8. The summed E-state index contributed by atoms with van der Waals surface area (Å²) in [7, 11) is 0. The number of hydrogen-bond donors (Lipinski definition) is 5. The van der Waals surface area contributed by atoms with E-state index in [2.05, 4.69) is 59.3 Å². The summed E-state index contributed by atoms with van der Waals surface area (Å²) >= 11 is 0. The first kappa shape index (κ1) is 26.8. The van der Waals surface area contributed by atoms with Crippen molar-refractivity contribution in [3.8, 4) is 0 Å². The van der Waals surface area contributed by atoms with Gasteiger partial charge in [0, 0.05) is 37.9 Å². The van der Waals surface area contributed by atoms with Crippen LogP contribution in [-0.4, -0.2) is 93.0 Å². The van der Waals surface area contributed by atoms with Gasteiger partial charge in [0.25, 0.3) is 0 Å². The molecule has 0 saturated carbocycles. The van der Waals surface area contributed by atoms with Gasteiger partial charge in [-0.2, -0.15) is 0 Å². The third-order valence-corrected chi connectivity index (χ3v) is 3.93. The maximum Gasteiger partial charge on any atom is 0.414 e. The minimum atomic E-state index is -1.82. The van der Waals surface area contributed by atoms with Crippen molar-refractivity contribution in [2.45, 2.75) is 26.3 Å². The number of carboxylic acid groups (broad SMARTS) is 4. The number of carboxylic acids is 4. The molecule has 0 amide bonds. The molecule has 2 rings (SSSR count). The second-order valence-corrected chi connectivity index (χ2v) is 6.53. The lowest BCUT2D eigenvalue weighted by Crippen LogP contribution is -2.48. The Morgan fingerprint density at radius 2 is 1.40 bits per heavy atom. The monoisotopic (exact) mass is 427 g/mol. The van der Waals surface area contributed by atoms with Crippen molar-refractivity contribution in [3.05, 3.63) is 30.3 Å². The fourth-order valence-corrected chi connectivity index (χ4v) is 2.41. The number of para-hydroxylation sites is 1. The van der Waals surface area contributed by atoms with E-state index in [1.165, 1.54) is 25.2 Å². The Bertz CT molecular complexity index is 634. The van der Waals surface area contributed by atoms with Crippen molar-refractivity contribution in [1.29, 1.82) is 0 Å². The molecule has 0 atom stereocenters. The van der Waals surface area contributed by atoms with Gasteiger partial charge in [-0.15, -0.1) is 0 Å². The molecule has 0 unspecified atom stereocenters. The Labute approximate surface area is 174 Å². The number of nitrogens with one attached hydrogen (secondary N) is 1. The van der Waals surface area contributed by atoms with Crippen LogP contribution in [0.2, 0.25) is 0 Å². The van der Waals surface area contributed by atoms with Gasteiger partial charge in [0.2, 0.25) is 0 Å². The molecule has 11 nitrogen and oxygen atoms in total. The molecule has 0 spiro atoms. The molecule has 1 aromatic carbocycles. The van der Waals surface area contributed by atoms with Gasteiger partial charge in [-0.25, -0.2) is 19.2 Å². The van der Waals surface area contributed by atoms with Crippen LogP contribution in [0.15, 0.2) is 30.3 Å². The molecule has 1 heterocycles. The highest BCUT2D eigenvalue weighted by atomic mass is 16.4. The Morgan fingerprint density at radius 3 is 1.83 bits per heavy atom. The van der Waals surface area contributed by atoms with E-state index < -0.39 is 23.9 Å². The third kappa shape index (κ3) is 13.1. The first-order chi connectivity index (χ1) is 14.0. The summed E-state index contributed by atoms with van der Waals surface area (Å²) < 4.78 is 0. The van der Waals surface area contributed by atoms with E-state index in [0.717, 1.165) is 19.8 Å². The Hall–Kier alpha value is -3.18. The van der Waals surface area contributed by atoms with Gasteiger partial charge in [0.05, 0.1) is 6.67 Å². The van der Waals surface area contributed by atoms with Crippen LogP contribution in [0.5, 0.6) is 0 Å². The van der Waals surface area contributed by atoms with Crippen LogP contribution < -0.4 is 5.32 Å². The number of benzene rings is 1. The minimum absolute atomic E-state index is 0.662. The predicted octanol–water partition coefficient (Wildman–Crippen LogP) is 0.783. The lowest BCUT2D eigenvalue weighted by molar-refractivity contribution is -0.159. The van der Waals surface area contributed by atoms with Crippen molar-refractivity contribution in [2.75, 3.05) is 38.2 Å². The molecule has 0 aromatic heterocycles. The SMILES string of the molecule is CC(C)N1CCCN(CCNc2ccccc2)C1.O=C(O)C(=O)O.O=C(O)C(=O)O. The maximum absolute atomic E-state index is 9.10. The molecule has 5 N–H and O–H groups in total. The predicted molar refractivity (Wildman–Crippen MR) is 108 cm³/mol. The molecule has 1 aliphatic heterocycles. The molecule has 11 heteroatoms. The van der Waals surface area contributed by atoms with Gasteiger partial charge in [0.15, 0.2) is 0 Å². The molecule has 0 radical (unpaired) electrons. The first-order valence-corrected chi connectivity index (χ1v) is 9.22. The van der Waals surface area contributed by atoms with E-state index >= 15 is 0 Å². The van der Waals surface area contributed by atoms with Crippen molar-refractivity contribution in [2.24, 2.45) is 0 Å². The van der Waals surface area contributed by atoms with E-state index in [1.807, 2.05) is 0 Å². The molecule has 1 saturated heterocycles. The van der Waals surface area contributed by atoms with Crippen LogP contribution in [0.25, 0.3) is 0 Å². The van der Waals surface area contributed by atoms with Crippen LogP contribution in [0.1, 0.15) is 20.3 Å². The molecule has 0 bridgehead atoms. The highest BCUT2D eigenvalue weighted by Gasteiger charge is 2.18. The van der Waals surface area contributed by atoms with Gasteiger partial charge >= 0.3 is 23.9 Å². The molecule has 168 valence electrons. The second-order valence-electron chi connectivity index (χ2n) is 6.53. The highest BCUT2D eigenvalue weighted by Crippen LogP contribution is 2.09. The Kier molecular flexibility index (Phi) is 13.2. The number of carbonyl (C=O) groups is 4. The zero-order chi connectivity index (χ0) is 23.1. The summed E-state index contributed by atoms with van der Waals surface area (Å²) in [5.74, 6) is -7.30. The lowest BCUT2D eigenvalue weighted by Gasteiger charge is -2.37.